The molecule has 0 heterocycles. The van der Waals surface area contributed by atoms with Crippen LogP contribution in [0.2, 0.25) is 0 Å². The molecule has 0 aromatic heterocycles. The molecule has 0 aliphatic heterocycles. The van der Waals surface area contributed by atoms with Gasteiger partial charge in [-0.05, 0) is 67.3 Å². The molecule has 1 saturated carbocycles. The molecule has 2 aromatic rings. The van der Waals surface area contributed by atoms with Crippen LogP contribution < -0.4 is 15.4 Å². The van der Waals surface area contributed by atoms with Crippen LogP contribution in [0, 0.1) is 5.92 Å². The Morgan fingerprint density at radius 1 is 1.17 bits per heavy atom. The lowest BCUT2D eigenvalue weighted by molar-refractivity contribution is 0.102. The predicted octanol–water partition coefficient (Wildman–Crippen LogP) is 3.45. The summed E-state index contributed by atoms with van der Waals surface area (Å²) in [7, 11) is 1.61. The lowest BCUT2D eigenvalue weighted by Crippen LogP contribution is -2.16. The molecule has 0 bridgehead atoms. The van der Waals surface area contributed by atoms with Gasteiger partial charge in [-0.2, -0.15) is 0 Å². The SMILES string of the molecule is COc1ccc(C(=O)Nc2cccc(CNCC3CC3)c2)cc1. The second-order valence-electron chi connectivity index (χ2n) is 5.96. The zero-order valence-electron chi connectivity index (χ0n) is 13.3. The third-order valence-electron chi connectivity index (χ3n) is 4.00. The van der Waals surface area contributed by atoms with E-state index in [1.165, 1.54) is 18.4 Å². The van der Waals surface area contributed by atoms with E-state index in [9.17, 15) is 4.79 Å². The first-order valence-corrected chi connectivity index (χ1v) is 7.99. The number of benzene rings is 2. The molecule has 2 aromatic carbocycles. The van der Waals surface area contributed by atoms with Gasteiger partial charge in [0.25, 0.3) is 5.91 Å². The van der Waals surface area contributed by atoms with Gasteiger partial charge in [0, 0.05) is 17.8 Å². The van der Waals surface area contributed by atoms with E-state index in [0.717, 1.165) is 30.4 Å². The average molecular weight is 310 g/mol. The van der Waals surface area contributed by atoms with E-state index in [4.69, 9.17) is 4.74 Å². The van der Waals surface area contributed by atoms with Gasteiger partial charge in [0.1, 0.15) is 5.75 Å². The molecule has 0 spiro atoms. The number of amides is 1. The van der Waals surface area contributed by atoms with Crippen molar-refractivity contribution in [2.45, 2.75) is 19.4 Å². The number of carbonyl (C=O) groups is 1. The molecule has 0 unspecified atom stereocenters. The third kappa shape index (κ3) is 4.57. The van der Waals surface area contributed by atoms with Crippen molar-refractivity contribution in [1.29, 1.82) is 0 Å². The first kappa shape index (κ1) is 15.6. The standard InChI is InChI=1S/C19H22N2O2/c1-23-18-9-7-16(8-10-18)19(22)21-17-4-2-3-15(11-17)13-20-12-14-5-6-14/h2-4,7-11,14,20H,5-6,12-13H2,1H3,(H,21,22). The fourth-order valence-corrected chi connectivity index (χ4v) is 2.45. The zero-order chi connectivity index (χ0) is 16.1. The van der Waals surface area contributed by atoms with Crippen LogP contribution in [-0.2, 0) is 6.54 Å². The van der Waals surface area contributed by atoms with E-state index in [1.807, 2.05) is 18.2 Å². The predicted molar refractivity (Wildman–Crippen MR) is 91.8 cm³/mol. The minimum absolute atomic E-state index is 0.115. The van der Waals surface area contributed by atoms with Gasteiger partial charge in [-0.3, -0.25) is 4.79 Å². The van der Waals surface area contributed by atoms with Crippen LogP contribution in [0.25, 0.3) is 0 Å². The fraction of sp³-hybridized carbons (Fsp3) is 0.316. The van der Waals surface area contributed by atoms with Crippen molar-refractivity contribution >= 4 is 11.6 Å². The van der Waals surface area contributed by atoms with Crippen molar-refractivity contribution in [3.8, 4) is 5.75 Å². The summed E-state index contributed by atoms with van der Waals surface area (Å²) in [5, 5.41) is 6.40. The highest BCUT2D eigenvalue weighted by Gasteiger charge is 2.20. The van der Waals surface area contributed by atoms with E-state index in [-0.39, 0.29) is 5.91 Å². The van der Waals surface area contributed by atoms with Crippen LogP contribution in [0.15, 0.2) is 48.5 Å². The Kier molecular flexibility index (Phi) is 4.93. The summed E-state index contributed by atoms with van der Waals surface area (Å²) < 4.78 is 5.10. The van der Waals surface area contributed by atoms with Crippen molar-refractivity contribution in [1.82, 2.24) is 5.32 Å². The summed E-state index contributed by atoms with van der Waals surface area (Å²) >= 11 is 0. The molecule has 4 heteroatoms. The van der Waals surface area contributed by atoms with Crippen molar-refractivity contribution in [2.24, 2.45) is 5.92 Å². The maximum Gasteiger partial charge on any atom is 0.255 e. The normalized spacial score (nSPS) is 13.6. The van der Waals surface area contributed by atoms with Crippen molar-refractivity contribution < 1.29 is 9.53 Å². The molecule has 1 aliphatic rings. The van der Waals surface area contributed by atoms with Crippen LogP contribution in [0.1, 0.15) is 28.8 Å². The van der Waals surface area contributed by atoms with Crippen LogP contribution in [0.3, 0.4) is 0 Å². The molecule has 2 N–H and O–H groups in total. The van der Waals surface area contributed by atoms with Gasteiger partial charge in [0.15, 0.2) is 0 Å². The Bertz CT molecular complexity index is 663. The molecule has 4 nitrogen and oxygen atoms in total. The molecule has 1 amide bonds. The molecule has 0 radical (unpaired) electrons. The number of nitrogens with one attached hydrogen (secondary N) is 2. The smallest absolute Gasteiger partial charge is 0.255 e. The number of hydrogen-bond donors (Lipinski definition) is 2. The first-order chi connectivity index (χ1) is 11.2. The Morgan fingerprint density at radius 3 is 2.65 bits per heavy atom. The highest BCUT2D eigenvalue weighted by molar-refractivity contribution is 6.04. The molecular formula is C19H22N2O2. The molecule has 0 saturated heterocycles. The maximum absolute atomic E-state index is 12.3. The second kappa shape index (κ2) is 7.29. The van der Waals surface area contributed by atoms with Gasteiger partial charge in [0.05, 0.1) is 7.11 Å². The molecule has 120 valence electrons. The Morgan fingerprint density at radius 2 is 1.96 bits per heavy atom. The molecule has 23 heavy (non-hydrogen) atoms. The first-order valence-electron chi connectivity index (χ1n) is 7.99. The maximum atomic E-state index is 12.3. The molecule has 3 rings (SSSR count). The summed E-state index contributed by atoms with van der Waals surface area (Å²) in [6, 6.07) is 15.1. The van der Waals surface area contributed by atoms with Crippen LogP contribution in [0.4, 0.5) is 5.69 Å². The molecule has 0 atom stereocenters. The lowest BCUT2D eigenvalue weighted by Gasteiger charge is -2.09. The number of anilines is 1. The van der Waals surface area contributed by atoms with Gasteiger partial charge < -0.3 is 15.4 Å². The second-order valence-corrected chi connectivity index (χ2v) is 5.96. The molecular weight excluding hydrogens is 288 g/mol. The lowest BCUT2D eigenvalue weighted by atomic mass is 10.1. The number of hydrogen-bond acceptors (Lipinski definition) is 3. The molecule has 1 fully saturated rings. The number of rotatable bonds is 7. The topological polar surface area (TPSA) is 50.4 Å². The quantitative estimate of drug-likeness (QED) is 0.823. The minimum atomic E-state index is -0.115. The van der Waals surface area contributed by atoms with Gasteiger partial charge in [0.2, 0.25) is 0 Å². The van der Waals surface area contributed by atoms with Gasteiger partial charge in [-0.25, -0.2) is 0 Å². The van der Waals surface area contributed by atoms with Crippen LogP contribution >= 0.6 is 0 Å². The summed E-state index contributed by atoms with van der Waals surface area (Å²) in [6.07, 6.45) is 2.70. The van der Waals surface area contributed by atoms with Crippen LogP contribution in [0.5, 0.6) is 5.75 Å². The van der Waals surface area contributed by atoms with Crippen LogP contribution in [-0.4, -0.2) is 19.6 Å². The Balaban J connectivity index is 1.58. The average Bonchev–Trinajstić information content (AvgIpc) is 3.39. The molecule has 1 aliphatic carbocycles. The summed E-state index contributed by atoms with van der Waals surface area (Å²) in [4.78, 5) is 12.3. The Labute approximate surface area is 136 Å². The van der Waals surface area contributed by atoms with Crippen molar-refractivity contribution in [3.63, 3.8) is 0 Å². The van der Waals surface area contributed by atoms with Crippen molar-refractivity contribution in [3.05, 3.63) is 59.7 Å². The van der Waals surface area contributed by atoms with Gasteiger partial charge in [-0.15, -0.1) is 0 Å². The van der Waals surface area contributed by atoms with E-state index in [1.54, 1.807) is 31.4 Å². The van der Waals surface area contributed by atoms with Gasteiger partial charge >= 0.3 is 0 Å². The van der Waals surface area contributed by atoms with E-state index < -0.39 is 0 Å². The highest BCUT2D eigenvalue weighted by Crippen LogP contribution is 2.27. The van der Waals surface area contributed by atoms with Crippen molar-refractivity contribution in [2.75, 3.05) is 19.0 Å². The monoisotopic (exact) mass is 310 g/mol. The summed E-state index contributed by atoms with van der Waals surface area (Å²) in [5.74, 6) is 1.49. The number of ether oxygens (including phenoxy) is 1. The van der Waals surface area contributed by atoms with E-state index in [2.05, 4.69) is 16.7 Å². The number of carbonyl (C=O) groups excluding carboxylic acids is 1. The summed E-state index contributed by atoms with van der Waals surface area (Å²) in [5.41, 5.74) is 2.61. The van der Waals surface area contributed by atoms with Gasteiger partial charge in [-0.1, -0.05) is 12.1 Å². The van der Waals surface area contributed by atoms with E-state index in [0.29, 0.717) is 5.56 Å². The fourth-order valence-electron chi connectivity index (χ4n) is 2.45. The largest absolute Gasteiger partial charge is 0.497 e. The summed E-state index contributed by atoms with van der Waals surface area (Å²) in [6.45, 7) is 1.92. The zero-order valence-corrected chi connectivity index (χ0v) is 13.3. The Hall–Kier alpha value is -2.33. The highest BCUT2D eigenvalue weighted by atomic mass is 16.5. The van der Waals surface area contributed by atoms with E-state index >= 15 is 0 Å². The minimum Gasteiger partial charge on any atom is -0.497 e. The third-order valence-corrected chi connectivity index (χ3v) is 4.00. The number of methoxy groups -OCH3 is 1.